The summed E-state index contributed by atoms with van der Waals surface area (Å²) in [5.41, 5.74) is 3.44. The van der Waals surface area contributed by atoms with Gasteiger partial charge in [-0.2, -0.15) is 0 Å². The number of hydrogen-bond donors (Lipinski definition) is 0. The summed E-state index contributed by atoms with van der Waals surface area (Å²) in [6.45, 7) is 0. The first-order valence-corrected chi connectivity index (χ1v) is 7.21. The predicted molar refractivity (Wildman–Crippen MR) is 85.2 cm³/mol. The third-order valence-corrected chi connectivity index (χ3v) is 3.98. The van der Waals surface area contributed by atoms with Crippen molar-refractivity contribution >= 4 is 11.1 Å². The second-order valence-electron chi connectivity index (χ2n) is 5.35. The fourth-order valence-electron chi connectivity index (χ4n) is 2.83. The van der Waals surface area contributed by atoms with E-state index in [1.807, 2.05) is 41.1 Å². The quantitative estimate of drug-likeness (QED) is 0.583. The number of fused-ring (bicyclic) bond motifs is 1. The van der Waals surface area contributed by atoms with E-state index in [0.717, 1.165) is 16.6 Å². The van der Waals surface area contributed by atoms with Crippen molar-refractivity contribution < 1.29 is 4.42 Å². The van der Waals surface area contributed by atoms with Gasteiger partial charge < -0.3 is 8.98 Å². The number of benzene rings is 1. The molecule has 4 rings (SSSR count). The molecule has 0 spiro atoms. The van der Waals surface area contributed by atoms with Crippen molar-refractivity contribution in [3.63, 3.8) is 0 Å². The molecule has 0 amide bonds. The second kappa shape index (κ2) is 5.24. The summed E-state index contributed by atoms with van der Waals surface area (Å²) < 4.78 is 8.82. The van der Waals surface area contributed by atoms with Crippen LogP contribution in [-0.4, -0.2) is 19.1 Å². The molecule has 0 saturated heterocycles. The zero-order chi connectivity index (χ0) is 15.8. The minimum atomic E-state index is -0.361. The van der Waals surface area contributed by atoms with Gasteiger partial charge in [-0.1, -0.05) is 6.07 Å². The molecule has 114 valence electrons. The molecule has 0 N–H and O–H groups in total. The fourth-order valence-corrected chi connectivity index (χ4v) is 2.83. The number of oxazole rings is 1. The minimum Gasteiger partial charge on any atom is -0.408 e. The Kier molecular flexibility index (Phi) is 3.08. The van der Waals surface area contributed by atoms with Crippen LogP contribution in [0.25, 0.3) is 11.1 Å². The average molecular weight is 306 g/mol. The Morgan fingerprint density at radius 1 is 1.04 bits per heavy atom. The summed E-state index contributed by atoms with van der Waals surface area (Å²) in [5.74, 6) is -0.361. The van der Waals surface area contributed by atoms with Crippen molar-refractivity contribution in [2.75, 3.05) is 0 Å². The maximum atomic E-state index is 11.7. The lowest BCUT2D eigenvalue weighted by molar-refractivity contribution is 0.527. The van der Waals surface area contributed by atoms with Crippen LogP contribution >= 0.6 is 0 Å². The van der Waals surface area contributed by atoms with Gasteiger partial charge in [0.1, 0.15) is 0 Å². The largest absolute Gasteiger partial charge is 0.419 e. The van der Waals surface area contributed by atoms with Gasteiger partial charge in [-0.05, 0) is 35.4 Å². The first-order valence-electron chi connectivity index (χ1n) is 7.21. The Morgan fingerprint density at radius 3 is 2.61 bits per heavy atom. The van der Waals surface area contributed by atoms with E-state index in [-0.39, 0.29) is 11.8 Å². The second-order valence-corrected chi connectivity index (χ2v) is 5.35. The van der Waals surface area contributed by atoms with Crippen LogP contribution in [0, 0.1) is 0 Å². The van der Waals surface area contributed by atoms with E-state index in [0.29, 0.717) is 5.58 Å². The van der Waals surface area contributed by atoms with Gasteiger partial charge in [0.25, 0.3) is 0 Å². The third-order valence-electron chi connectivity index (χ3n) is 3.98. The molecule has 0 fully saturated rings. The molecule has 3 aromatic heterocycles. The number of hydrogen-bond acceptors (Lipinski definition) is 4. The summed E-state index contributed by atoms with van der Waals surface area (Å²) in [4.78, 5) is 19.9. The van der Waals surface area contributed by atoms with E-state index < -0.39 is 0 Å². The number of aromatic nitrogens is 4. The molecule has 1 unspecified atom stereocenters. The van der Waals surface area contributed by atoms with Crippen LogP contribution in [0.3, 0.4) is 0 Å². The lowest BCUT2D eigenvalue weighted by atomic mass is 9.99. The fraction of sp³-hybridized carbons (Fsp3) is 0.118. The van der Waals surface area contributed by atoms with Crippen molar-refractivity contribution in [3.05, 3.63) is 83.1 Å². The molecular formula is C17H14N4O2. The first-order chi connectivity index (χ1) is 11.2. The van der Waals surface area contributed by atoms with E-state index in [4.69, 9.17) is 4.42 Å². The van der Waals surface area contributed by atoms with Crippen molar-refractivity contribution in [1.29, 1.82) is 0 Å². The summed E-state index contributed by atoms with van der Waals surface area (Å²) in [5, 5.41) is 0. The molecule has 0 aliphatic carbocycles. The van der Waals surface area contributed by atoms with Gasteiger partial charge in [-0.3, -0.25) is 9.55 Å². The van der Waals surface area contributed by atoms with E-state index >= 15 is 0 Å². The normalized spacial score (nSPS) is 12.6. The molecule has 6 nitrogen and oxygen atoms in total. The van der Waals surface area contributed by atoms with Crippen molar-refractivity contribution in [1.82, 2.24) is 19.1 Å². The van der Waals surface area contributed by atoms with Crippen LogP contribution in [0.15, 0.2) is 70.7 Å². The van der Waals surface area contributed by atoms with Gasteiger partial charge in [0.15, 0.2) is 5.58 Å². The molecule has 4 aromatic rings. The van der Waals surface area contributed by atoms with Gasteiger partial charge in [-0.25, -0.2) is 9.78 Å². The molecule has 3 heterocycles. The zero-order valence-electron chi connectivity index (χ0n) is 12.5. The Labute approximate surface area is 131 Å². The Bertz CT molecular complexity index is 1000. The SMILES string of the molecule is Cn1c(=O)oc2cc(C(c3ccncc3)n3ccnc3)ccc21. The highest BCUT2D eigenvalue weighted by atomic mass is 16.4. The highest BCUT2D eigenvalue weighted by molar-refractivity contribution is 5.74. The Hall–Kier alpha value is -3.15. The molecular weight excluding hydrogens is 292 g/mol. The lowest BCUT2D eigenvalue weighted by Crippen LogP contribution is -2.10. The molecule has 0 bridgehead atoms. The smallest absolute Gasteiger partial charge is 0.408 e. The zero-order valence-corrected chi connectivity index (χ0v) is 12.5. The van der Waals surface area contributed by atoms with Crippen LogP contribution in [0.2, 0.25) is 0 Å². The van der Waals surface area contributed by atoms with E-state index in [1.165, 1.54) is 4.57 Å². The standard InChI is InChI=1S/C17H14N4O2/c1-20-14-3-2-13(10-15(14)23-17(20)22)16(21-9-8-19-11-21)12-4-6-18-7-5-12/h2-11,16H,1H3. The average Bonchev–Trinajstić information content (AvgIpc) is 3.18. The molecule has 0 saturated carbocycles. The van der Waals surface area contributed by atoms with E-state index in [2.05, 4.69) is 9.97 Å². The van der Waals surface area contributed by atoms with Crippen molar-refractivity contribution in [3.8, 4) is 0 Å². The Balaban J connectivity index is 1.91. The minimum absolute atomic E-state index is 0.0598. The maximum absolute atomic E-state index is 11.7. The van der Waals surface area contributed by atoms with Gasteiger partial charge in [0, 0.05) is 31.8 Å². The van der Waals surface area contributed by atoms with Crippen LogP contribution < -0.4 is 5.76 Å². The predicted octanol–water partition coefficient (Wildman–Crippen LogP) is 2.36. The first kappa shape index (κ1) is 13.5. The van der Waals surface area contributed by atoms with E-state index in [1.54, 1.807) is 32.0 Å². The highest BCUT2D eigenvalue weighted by Gasteiger charge is 2.17. The maximum Gasteiger partial charge on any atom is 0.419 e. The monoisotopic (exact) mass is 306 g/mol. The van der Waals surface area contributed by atoms with Gasteiger partial charge in [0.2, 0.25) is 0 Å². The van der Waals surface area contributed by atoms with Crippen molar-refractivity contribution in [2.45, 2.75) is 6.04 Å². The lowest BCUT2D eigenvalue weighted by Gasteiger charge is -2.19. The number of rotatable bonds is 3. The van der Waals surface area contributed by atoms with E-state index in [9.17, 15) is 4.79 Å². The number of imidazole rings is 1. The molecule has 1 aromatic carbocycles. The molecule has 0 radical (unpaired) electrons. The number of nitrogens with zero attached hydrogens (tertiary/aromatic N) is 4. The van der Waals surface area contributed by atoms with Crippen LogP contribution in [0.4, 0.5) is 0 Å². The number of pyridine rings is 1. The summed E-state index contributed by atoms with van der Waals surface area (Å²) in [6.07, 6.45) is 8.96. The van der Waals surface area contributed by atoms with Crippen LogP contribution in [0.5, 0.6) is 0 Å². The third kappa shape index (κ3) is 2.24. The van der Waals surface area contributed by atoms with Crippen LogP contribution in [-0.2, 0) is 7.05 Å². The molecule has 6 heteroatoms. The number of aryl methyl sites for hydroxylation is 1. The van der Waals surface area contributed by atoms with Crippen LogP contribution in [0.1, 0.15) is 17.2 Å². The summed E-state index contributed by atoms with van der Waals surface area (Å²) >= 11 is 0. The summed E-state index contributed by atoms with van der Waals surface area (Å²) in [6, 6.07) is 9.69. The Morgan fingerprint density at radius 2 is 1.87 bits per heavy atom. The van der Waals surface area contributed by atoms with Gasteiger partial charge in [-0.15, -0.1) is 0 Å². The topological polar surface area (TPSA) is 65.8 Å². The molecule has 1 atom stereocenters. The van der Waals surface area contributed by atoms with Crippen molar-refractivity contribution in [2.24, 2.45) is 7.05 Å². The molecule has 0 aliphatic rings. The highest BCUT2D eigenvalue weighted by Crippen LogP contribution is 2.28. The molecule has 0 aliphatic heterocycles. The van der Waals surface area contributed by atoms with Gasteiger partial charge >= 0.3 is 5.76 Å². The molecule has 23 heavy (non-hydrogen) atoms. The summed E-state index contributed by atoms with van der Waals surface area (Å²) in [7, 11) is 1.70. The van der Waals surface area contributed by atoms with Gasteiger partial charge in [0.05, 0.1) is 17.9 Å².